The first-order valence-electron chi connectivity index (χ1n) is 11.3. The second kappa shape index (κ2) is 7.63. The number of nitrogens with zero attached hydrogens (tertiary/aromatic N) is 5. The maximum absolute atomic E-state index is 13.9. The first-order chi connectivity index (χ1) is 16.5. The molecule has 0 bridgehead atoms. The number of rotatable bonds is 3. The van der Waals surface area contributed by atoms with Gasteiger partial charge in [-0.25, -0.2) is 15.0 Å². The summed E-state index contributed by atoms with van der Waals surface area (Å²) in [5.41, 5.74) is 7.48. The van der Waals surface area contributed by atoms with Crippen molar-refractivity contribution < 1.29 is 0 Å². The van der Waals surface area contributed by atoms with Crippen LogP contribution in [-0.2, 0) is 0 Å². The molecule has 0 spiro atoms. The third-order valence-corrected chi connectivity index (χ3v) is 6.64. The fourth-order valence-corrected chi connectivity index (χ4v) is 4.53. The molecule has 6 nitrogen and oxygen atoms in total. The molecule has 0 saturated carbocycles. The van der Waals surface area contributed by atoms with Crippen LogP contribution in [0.3, 0.4) is 0 Å². The first kappa shape index (κ1) is 20.3. The van der Waals surface area contributed by atoms with Gasteiger partial charge < -0.3 is 0 Å². The summed E-state index contributed by atoms with van der Waals surface area (Å²) < 4.78 is 3.63. The van der Waals surface area contributed by atoms with Crippen molar-refractivity contribution in [1.82, 2.24) is 24.1 Å². The molecule has 0 N–H and O–H groups in total. The van der Waals surface area contributed by atoms with Crippen LogP contribution in [0, 0.1) is 13.8 Å². The smallest absolute Gasteiger partial charge is 0.265 e. The van der Waals surface area contributed by atoms with Gasteiger partial charge in [-0.05, 0) is 61.7 Å². The average Bonchev–Trinajstić information content (AvgIpc) is 3.18. The van der Waals surface area contributed by atoms with Gasteiger partial charge in [0.15, 0.2) is 11.3 Å². The van der Waals surface area contributed by atoms with E-state index < -0.39 is 0 Å². The van der Waals surface area contributed by atoms with Crippen molar-refractivity contribution in [2.24, 2.45) is 0 Å². The van der Waals surface area contributed by atoms with Crippen LogP contribution in [0.5, 0.6) is 0 Å². The van der Waals surface area contributed by atoms with Gasteiger partial charge in [0.2, 0.25) is 0 Å². The number of aromatic nitrogens is 5. The molecule has 3 aromatic heterocycles. The Hall–Kier alpha value is -4.32. The Balaban J connectivity index is 1.72. The van der Waals surface area contributed by atoms with Crippen molar-refractivity contribution >= 4 is 33.2 Å². The Labute approximate surface area is 196 Å². The molecule has 0 saturated heterocycles. The van der Waals surface area contributed by atoms with E-state index in [0.29, 0.717) is 22.2 Å². The third kappa shape index (κ3) is 3.03. The van der Waals surface area contributed by atoms with Crippen LogP contribution in [0.4, 0.5) is 0 Å². The van der Waals surface area contributed by atoms with Crippen molar-refractivity contribution in [3.63, 3.8) is 0 Å². The number of fused-ring (bicyclic) bond motifs is 4. The van der Waals surface area contributed by atoms with Crippen LogP contribution in [0.25, 0.3) is 38.9 Å². The lowest BCUT2D eigenvalue weighted by atomic mass is 10.1. The van der Waals surface area contributed by atoms with Crippen LogP contribution in [0.1, 0.15) is 29.7 Å². The lowest BCUT2D eigenvalue weighted by molar-refractivity contribution is 0.608. The van der Waals surface area contributed by atoms with E-state index in [2.05, 4.69) is 26.0 Å². The first-order valence-corrected chi connectivity index (χ1v) is 11.3. The van der Waals surface area contributed by atoms with Gasteiger partial charge >= 0.3 is 0 Å². The van der Waals surface area contributed by atoms with Crippen LogP contribution < -0.4 is 5.56 Å². The molecule has 0 amide bonds. The third-order valence-electron chi connectivity index (χ3n) is 6.64. The van der Waals surface area contributed by atoms with Crippen LogP contribution in [0.2, 0.25) is 0 Å². The van der Waals surface area contributed by atoms with Crippen molar-refractivity contribution in [3.05, 3.63) is 106 Å². The quantitative estimate of drug-likeness (QED) is 0.360. The number of para-hydroxylation sites is 2. The molecule has 6 heteroatoms. The maximum Gasteiger partial charge on any atom is 0.265 e. The molecule has 6 aromatic rings. The van der Waals surface area contributed by atoms with Gasteiger partial charge in [0, 0.05) is 5.69 Å². The standard InChI is InChI=1S/C28H23N5O/c1-17-13-14-21(15-18(17)2)33-26-24(25-27(33)31-23-12-8-7-11-22(23)30-25)28(34)32(16-29-26)19(3)20-9-5-4-6-10-20/h4-16,19H,1-3H3/t19-/m0/s1. The summed E-state index contributed by atoms with van der Waals surface area (Å²) in [4.78, 5) is 28.5. The number of benzene rings is 3. The van der Waals surface area contributed by atoms with E-state index in [1.54, 1.807) is 10.9 Å². The highest BCUT2D eigenvalue weighted by molar-refractivity contribution is 6.05. The van der Waals surface area contributed by atoms with Crippen LogP contribution >= 0.6 is 0 Å². The highest BCUT2D eigenvalue weighted by Gasteiger charge is 2.22. The van der Waals surface area contributed by atoms with Crippen molar-refractivity contribution in [2.75, 3.05) is 0 Å². The minimum absolute atomic E-state index is 0.126. The molecule has 0 aliphatic carbocycles. The van der Waals surface area contributed by atoms with Gasteiger partial charge in [-0.3, -0.25) is 13.9 Å². The van der Waals surface area contributed by atoms with Crippen molar-refractivity contribution in [1.29, 1.82) is 0 Å². The minimum Gasteiger partial charge on any atom is -0.291 e. The Morgan fingerprint density at radius 1 is 0.794 bits per heavy atom. The van der Waals surface area contributed by atoms with E-state index in [1.807, 2.05) is 72.2 Å². The number of hydrogen-bond acceptors (Lipinski definition) is 4. The SMILES string of the molecule is Cc1ccc(-n2c3nc4ccccc4nc3c3c(=O)n([C@@H](C)c4ccccc4)cnc32)cc1C. The van der Waals surface area contributed by atoms with E-state index in [1.165, 1.54) is 5.56 Å². The van der Waals surface area contributed by atoms with Crippen LogP contribution in [0.15, 0.2) is 83.9 Å². The lowest BCUT2D eigenvalue weighted by Gasteiger charge is -2.15. The molecule has 3 heterocycles. The maximum atomic E-state index is 13.9. The molecule has 6 rings (SSSR count). The molecule has 0 unspecified atom stereocenters. The number of hydrogen-bond donors (Lipinski definition) is 0. The summed E-state index contributed by atoms with van der Waals surface area (Å²) in [6, 6.07) is 23.8. The normalized spacial score (nSPS) is 12.6. The summed E-state index contributed by atoms with van der Waals surface area (Å²) in [7, 11) is 0. The largest absolute Gasteiger partial charge is 0.291 e. The zero-order valence-electron chi connectivity index (χ0n) is 19.2. The van der Waals surface area contributed by atoms with Crippen molar-refractivity contribution in [3.8, 4) is 5.69 Å². The summed E-state index contributed by atoms with van der Waals surface area (Å²) in [5, 5.41) is 0.483. The Morgan fingerprint density at radius 3 is 2.24 bits per heavy atom. The van der Waals surface area contributed by atoms with Crippen molar-refractivity contribution in [2.45, 2.75) is 26.8 Å². The zero-order chi connectivity index (χ0) is 23.4. The second-order valence-electron chi connectivity index (χ2n) is 8.73. The van der Waals surface area contributed by atoms with E-state index in [9.17, 15) is 4.79 Å². The van der Waals surface area contributed by atoms with E-state index in [-0.39, 0.29) is 11.6 Å². The highest BCUT2D eigenvalue weighted by atomic mass is 16.1. The van der Waals surface area contributed by atoms with Gasteiger partial charge in [-0.2, -0.15) is 0 Å². The Kier molecular flexibility index (Phi) is 4.55. The molecular formula is C28H23N5O. The second-order valence-corrected chi connectivity index (χ2v) is 8.73. The molecule has 0 radical (unpaired) electrons. The summed E-state index contributed by atoms with van der Waals surface area (Å²) in [6.45, 7) is 6.17. The average molecular weight is 446 g/mol. The van der Waals surface area contributed by atoms with E-state index in [4.69, 9.17) is 15.0 Å². The number of aryl methyl sites for hydroxylation is 2. The predicted molar refractivity (Wildman–Crippen MR) is 136 cm³/mol. The van der Waals surface area contributed by atoms with Gasteiger partial charge in [0.25, 0.3) is 5.56 Å². The summed E-state index contributed by atoms with van der Waals surface area (Å²) in [5.74, 6) is 0. The topological polar surface area (TPSA) is 65.6 Å². The van der Waals surface area contributed by atoms with Crippen LogP contribution in [-0.4, -0.2) is 24.1 Å². The molecule has 0 aliphatic rings. The van der Waals surface area contributed by atoms with Gasteiger partial charge in [0.05, 0.1) is 17.1 Å². The van der Waals surface area contributed by atoms with Gasteiger partial charge in [-0.1, -0.05) is 48.5 Å². The predicted octanol–water partition coefficient (Wildman–Crippen LogP) is 5.51. The molecule has 0 aliphatic heterocycles. The Morgan fingerprint density at radius 2 is 1.50 bits per heavy atom. The summed E-state index contributed by atoms with van der Waals surface area (Å²) in [6.07, 6.45) is 1.64. The fourth-order valence-electron chi connectivity index (χ4n) is 4.53. The van der Waals surface area contributed by atoms with Gasteiger partial charge in [0.1, 0.15) is 17.2 Å². The molecule has 34 heavy (non-hydrogen) atoms. The van der Waals surface area contributed by atoms with E-state index >= 15 is 0 Å². The Bertz CT molecular complexity index is 1770. The highest BCUT2D eigenvalue weighted by Crippen LogP contribution is 2.29. The minimum atomic E-state index is -0.168. The van der Waals surface area contributed by atoms with Gasteiger partial charge in [-0.15, -0.1) is 0 Å². The monoisotopic (exact) mass is 445 g/mol. The fraction of sp³-hybridized carbons (Fsp3) is 0.143. The molecular weight excluding hydrogens is 422 g/mol. The molecule has 0 fully saturated rings. The molecule has 166 valence electrons. The summed E-state index contributed by atoms with van der Waals surface area (Å²) >= 11 is 0. The zero-order valence-corrected chi connectivity index (χ0v) is 19.2. The molecule has 3 aromatic carbocycles. The van der Waals surface area contributed by atoms with E-state index in [0.717, 1.165) is 27.8 Å². The molecule has 1 atom stereocenters. The lowest BCUT2D eigenvalue weighted by Crippen LogP contribution is -2.24.